The molecule has 0 bridgehead atoms. The molecule has 1 rings (SSSR count). The van der Waals surface area contributed by atoms with E-state index in [1.54, 1.807) is 0 Å². The predicted octanol–water partition coefficient (Wildman–Crippen LogP) is 3.31. The molecule has 0 spiro atoms. The topological polar surface area (TPSA) is 33.0 Å². The summed E-state index contributed by atoms with van der Waals surface area (Å²) in [6.45, 7) is 8.73. The molecule has 0 aromatic rings. The van der Waals surface area contributed by atoms with E-state index in [1.165, 1.54) is 0 Å². The molecule has 0 saturated heterocycles. The Morgan fingerprint density at radius 3 is 2.14 bits per heavy atom. The van der Waals surface area contributed by atoms with Crippen molar-refractivity contribution in [2.45, 2.75) is 57.8 Å². The Labute approximate surface area is 88.4 Å². The molecule has 0 radical (unpaired) electrons. The summed E-state index contributed by atoms with van der Waals surface area (Å²) in [7, 11) is -1.58. The van der Waals surface area contributed by atoms with E-state index in [9.17, 15) is 5.26 Å². The molecule has 1 fully saturated rings. The van der Waals surface area contributed by atoms with Crippen LogP contribution in [0.1, 0.15) is 32.6 Å². The van der Waals surface area contributed by atoms with Gasteiger partial charge in [0.1, 0.15) is 5.60 Å². The molecule has 0 aromatic carbocycles. The largest absolute Gasteiger partial charge is 0.400 e. The van der Waals surface area contributed by atoms with Gasteiger partial charge in [0.2, 0.25) is 0 Å². The lowest BCUT2D eigenvalue weighted by Gasteiger charge is -2.38. The third-order valence-corrected chi connectivity index (χ3v) is 3.79. The summed E-state index contributed by atoms with van der Waals surface area (Å²) < 4.78 is 6.04. The highest BCUT2D eigenvalue weighted by Gasteiger charge is 2.38. The van der Waals surface area contributed by atoms with Crippen molar-refractivity contribution in [3.8, 4) is 6.07 Å². The van der Waals surface area contributed by atoms with E-state index < -0.39 is 13.9 Å². The molecule has 14 heavy (non-hydrogen) atoms. The molecule has 0 heterocycles. The Balaban J connectivity index is 2.65. The lowest BCUT2D eigenvalue weighted by molar-refractivity contribution is 0.0626. The number of hydrogen-bond acceptors (Lipinski definition) is 2. The summed E-state index contributed by atoms with van der Waals surface area (Å²) in [4.78, 5) is 0. The van der Waals surface area contributed by atoms with Crippen molar-refractivity contribution < 1.29 is 4.43 Å². The molecule has 0 N–H and O–H groups in total. The van der Waals surface area contributed by atoms with E-state index in [1.807, 2.05) is 0 Å². The maximum absolute atomic E-state index is 9.24. The van der Waals surface area contributed by atoms with Crippen LogP contribution in [0.15, 0.2) is 0 Å². The molecule has 0 amide bonds. The van der Waals surface area contributed by atoms with E-state index in [2.05, 4.69) is 32.6 Å². The average Bonchev–Trinajstić information content (AvgIpc) is 2.07. The summed E-state index contributed by atoms with van der Waals surface area (Å²) in [6, 6.07) is 2.41. The van der Waals surface area contributed by atoms with Gasteiger partial charge in [0.25, 0.3) is 0 Å². The number of nitriles is 1. The van der Waals surface area contributed by atoms with Crippen molar-refractivity contribution >= 4 is 8.32 Å². The normalized spacial score (nSPS) is 33.8. The van der Waals surface area contributed by atoms with E-state index in [-0.39, 0.29) is 0 Å². The van der Waals surface area contributed by atoms with Crippen LogP contribution in [-0.4, -0.2) is 13.9 Å². The number of rotatable bonds is 2. The first kappa shape index (κ1) is 11.7. The molecular formula is C11H21NOSi. The molecule has 1 aliphatic rings. The second-order valence-corrected chi connectivity index (χ2v) is 9.93. The SMILES string of the molecule is CC1CCC(C#N)(O[Si](C)(C)C)CC1. The molecule has 1 saturated carbocycles. The highest BCUT2D eigenvalue weighted by Crippen LogP contribution is 2.36. The Hall–Kier alpha value is -0.333. The first-order chi connectivity index (χ1) is 6.37. The van der Waals surface area contributed by atoms with Crippen LogP contribution in [0.25, 0.3) is 0 Å². The van der Waals surface area contributed by atoms with Gasteiger partial charge in [-0.1, -0.05) is 6.92 Å². The average molecular weight is 211 g/mol. The fourth-order valence-electron chi connectivity index (χ4n) is 2.05. The zero-order chi connectivity index (χ0) is 10.8. The Bertz CT molecular complexity index is 231. The van der Waals surface area contributed by atoms with Gasteiger partial charge in [0.05, 0.1) is 6.07 Å². The Morgan fingerprint density at radius 1 is 1.29 bits per heavy atom. The van der Waals surface area contributed by atoms with Crippen molar-refractivity contribution in [3.05, 3.63) is 0 Å². The van der Waals surface area contributed by atoms with Crippen LogP contribution in [0.5, 0.6) is 0 Å². The third kappa shape index (κ3) is 3.11. The Kier molecular flexibility index (Phi) is 3.39. The lowest BCUT2D eigenvalue weighted by atomic mass is 9.80. The maximum Gasteiger partial charge on any atom is 0.185 e. The minimum absolute atomic E-state index is 0.447. The molecule has 0 unspecified atom stereocenters. The van der Waals surface area contributed by atoms with Gasteiger partial charge >= 0.3 is 0 Å². The number of hydrogen-bond donors (Lipinski definition) is 0. The van der Waals surface area contributed by atoms with E-state index >= 15 is 0 Å². The predicted molar refractivity (Wildman–Crippen MR) is 60.4 cm³/mol. The fraction of sp³-hybridized carbons (Fsp3) is 0.909. The first-order valence-electron chi connectivity index (χ1n) is 5.48. The van der Waals surface area contributed by atoms with E-state index in [0.717, 1.165) is 31.6 Å². The van der Waals surface area contributed by atoms with Crippen LogP contribution in [0.4, 0.5) is 0 Å². The van der Waals surface area contributed by atoms with Crippen molar-refractivity contribution in [1.82, 2.24) is 0 Å². The third-order valence-electron chi connectivity index (χ3n) is 2.79. The van der Waals surface area contributed by atoms with Crippen LogP contribution in [0.3, 0.4) is 0 Å². The van der Waals surface area contributed by atoms with Gasteiger partial charge in [-0.2, -0.15) is 5.26 Å². The van der Waals surface area contributed by atoms with Gasteiger partial charge in [-0.25, -0.2) is 0 Å². The van der Waals surface area contributed by atoms with Gasteiger partial charge in [-0.3, -0.25) is 0 Å². The van der Waals surface area contributed by atoms with Crippen LogP contribution < -0.4 is 0 Å². The molecule has 80 valence electrons. The van der Waals surface area contributed by atoms with E-state index in [0.29, 0.717) is 0 Å². The molecule has 0 aliphatic heterocycles. The number of nitrogens with zero attached hydrogens (tertiary/aromatic N) is 1. The highest BCUT2D eigenvalue weighted by molar-refractivity contribution is 6.69. The lowest BCUT2D eigenvalue weighted by Crippen LogP contribution is -2.44. The summed E-state index contributed by atoms with van der Waals surface area (Å²) in [5.41, 5.74) is -0.447. The Morgan fingerprint density at radius 2 is 1.79 bits per heavy atom. The van der Waals surface area contributed by atoms with Crippen molar-refractivity contribution in [2.75, 3.05) is 0 Å². The summed E-state index contributed by atoms with van der Waals surface area (Å²) in [5.74, 6) is 0.765. The minimum Gasteiger partial charge on any atom is -0.400 e. The van der Waals surface area contributed by atoms with Crippen LogP contribution in [-0.2, 0) is 4.43 Å². The molecule has 2 nitrogen and oxygen atoms in total. The van der Waals surface area contributed by atoms with Gasteiger partial charge in [-0.05, 0) is 51.2 Å². The van der Waals surface area contributed by atoms with E-state index in [4.69, 9.17) is 4.43 Å². The summed E-state index contributed by atoms with van der Waals surface area (Å²) in [5, 5.41) is 9.24. The maximum atomic E-state index is 9.24. The highest BCUT2D eigenvalue weighted by atomic mass is 28.4. The fourth-order valence-corrected chi connectivity index (χ4v) is 3.47. The van der Waals surface area contributed by atoms with Crippen LogP contribution >= 0.6 is 0 Å². The first-order valence-corrected chi connectivity index (χ1v) is 8.89. The van der Waals surface area contributed by atoms with Gasteiger partial charge in [0, 0.05) is 0 Å². The molecule has 1 aliphatic carbocycles. The second kappa shape index (κ2) is 4.04. The summed E-state index contributed by atoms with van der Waals surface area (Å²) >= 11 is 0. The molecule has 3 heteroatoms. The van der Waals surface area contributed by atoms with Crippen LogP contribution in [0, 0.1) is 17.2 Å². The monoisotopic (exact) mass is 211 g/mol. The summed E-state index contributed by atoms with van der Waals surface area (Å²) in [6.07, 6.45) is 4.12. The second-order valence-electron chi connectivity index (χ2n) is 5.50. The van der Waals surface area contributed by atoms with Crippen molar-refractivity contribution in [1.29, 1.82) is 5.26 Å². The zero-order valence-electron chi connectivity index (χ0n) is 9.76. The quantitative estimate of drug-likeness (QED) is 0.656. The zero-order valence-corrected chi connectivity index (χ0v) is 10.8. The van der Waals surface area contributed by atoms with Gasteiger partial charge in [0.15, 0.2) is 8.32 Å². The standard InChI is InChI=1S/C11H21NOSi/c1-10-5-7-11(9-12,8-6-10)13-14(2,3)4/h10H,5-8H2,1-4H3. The minimum atomic E-state index is -1.58. The van der Waals surface area contributed by atoms with Gasteiger partial charge in [-0.15, -0.1) is 0 Å². The molecule has 0 atom stereocenters. The van der Waals surface area contributed by atoms with Crippen LogP contribution in [0.2, 0.25) is 19.6 Å². The van der Waals surface area contributed by atoms with Crippen molar-refractivity contribution in [3.63, 3.8) is 0 Å². The van der Waals surface area contributed by atoms with Crippen molar-refractivity contribution in [2.24, 2.45) is 5.92 Å². The smallest absolute Gasteiger partial charge is 0.185 e. The molecular weight excluding hydrogens is 190 g/mol. The van der Waals surface area contributed by atoms with Gasteiger partial charge < -0.3 is 4.43 Å². The molecule has 0 aromatic heterocycles.